The summed E-state index contributed by atoms with van der Waals surface area (Å²) in [5.41, 5.74) is 8.45. The van der Waals surface area contributed by atoms with E-state index >= 15 is 19.2 Å². The Kier molecular flexibility index (Phi) is 37.8. The Morgan fingerprint density at radius 3 is 0.904 bits per heavy atom. The molecule has 0 saturated carbocycles. The molecule has 0 bridgehead atoms. The average Bonchev–Trinajstić information content (AvgIpc) is 1.52. The van der Waals surface area contributed by atoms with Crippen LogP contribution >= 0.6 is 101 Å². The molecule has 6 aliphatic rings. The average molecular weight is 2020 g/mol. The van der Waals surface area contributed by atoms with Crippen LogP contribution in [0.2, 0.25) is 12.1 Å². The van der Waals surface area contributed by atoms with Crippen LogP contribution in [-0.2, 0) is 19.2 Å². The van der Waals surface area contributed by atoms with Crippen molar-refractivity contribution in [3.63, 3.8) is 0 Å². The monoisotopic (exact) mass is 2010 g/mol. The number of benzene rings is 1. The van der Waals surface area contributed by atoms with E-state index in [2.05, 4.69) is 177 Å². The second-order valence-electron chi connectivity index (χ2n) is 40.0. The predicted octanol–water partition coefficient (Wildman–Crippen LogP) is 35.1. The van der Waals surface area contributed by atoms with E-state index in [9.17, 15) is 9.59 Å². The number of unbranched alkanes of at least 4 members (excludes halogenated alkanes) is 24. The summed E-state index contributed by atoms with van der Waals surface area (Å²) in [5.74, 6) is 3.24. The zero-order chi connectivity index (χ0) is 95.6. The summed E-state index contributed by atoms with van der Waals surface area (Å²) < 4.78 is 0. The second kappa shape index (κ2) is 49.5. The number of rotatable bonds is 62. The van der Waals surface area contributed by atoms with E-state index in [0.29, 0.717) is 58.2 Å². The Morgan fingerprint density at radius 2 is 0.574 bits per heavy atom. The van der Waals surface area contributed by atoms with Gasteiger partial charge in [-0.05, 0) is 193 Å². The number of hydrogen-bond donors (Lipinski definition) is 0. The largest absolute Gasteiger partial charge is 0.306 e. The number of carbonyl (C=O) groups excluding carboxylic acids is 6. The molecule has 14 heterocycles. The lowest BCUT2D eigenvalue weighted by Crippen LogP contribution is -2.54. The first-order valence-electron chi connectivity index (χ1n) is 53.5. The molecule has 4 atom stereocenters. The fourth-order valence-corrected chi connectivity index (χ4v) is 42.6. The maximum absolute atomic E-state index is 16.3. The van der Waals surface area contributed by atoms with Crippen LogP contribution in [0.4, 0.5) is 0 Å². The minimum atomic E-state index is -2.58. The van der Waals surface area contributed by atoms with Gasteiger partial charge in [-0.15, -0.1) is 90.7 Å². The van der Waals surface area contributed by atoms with Crippen LogP contribution < -0.4 is 10.4 Å². The number of aldehydes is 2. The molecule has 8 aromatic heterocycles. The maximum atomic E-state index is 16.3. The van der Waals surface area contributed by atoms with Gasteiger partial charge in [0.05, 0.1) is 74.3 Å². The number of hydrogen-bond acceptors (Lipinski definition) is 14. The highest BCUT2D eigenvalue weighted by atomic mass is 32.3. The van der Waals surface area contributed by atoms with Crippen molar-refractivity contribution in [2.45, 2.75) is 362 Å². The molecule has 0 N–H and O–H groups in total. The zero-order valence-corrected chi connectivity index (χ0v) is 92.4. The van der Waals surface area contributed by atoms with Crippen LogP contribution in [0.5, 0.6) is 0 Å². The van der Waals surface area contributed by atoms with Crippen LogP contribution in [0.3, 0.4) is 0 Å². The molecule has 0 aliphatic carbocycles. The standard InChI is InChI=1S/C116H154N4O6S9Si/c1-13-25-33-37-41-45-65-135(66-46-42-38-34-26-14-2)99-69-86-101(70-85(99)111-100(135)71-97(133-111)91-59-63-95(131-91)109-105-103(113(123)119(109)75-81(23-11)51-31-19-7)107(117(115(105)125)73-79(21-9)49-29-17-5)93-61-57-89(129-93)87-55-53-83(77-121)127-87)136(67-47-43-39-35-27-15-3,68-48-44-40-36-28-16-4)102-72-98(134-112(86)102)92-60-64-96(132-92)110-106-104(114(124)120(110)76-82(24-12)52-32-20-8)108(118(116(106)126)74-80(22-10)50-30-18-6)94-62-58-90(130-94)88-56-54-84(78-122)128-88/h53-64,69-72,77-82H,13-52,65-68,73-76H2,1-12H3. The van der Waals surface area contributed by atoms with Crippen molar-refractivity contribution in [3.8, 4) is 59.9 Å². The first-order chi connectivity index (χ1) is 66.5. The summed E-state index contributed by atoms with van der Waals surface area (Å²) in [4.78, 5) is 118. The van der Waals surface area contributed by atoms with Crippen LogP contribution in [0.1, 0.15) is 379 Å². The molecule has 0 radical (unpaired) electrons. The van der Waals surface area contributed by atoms with Crippen LogP contribution in [-0.4, -0.2) is 102 Å². The molecule has 732 valence electrons. The highest BCUT2D eigenvalue weighted by Gasteiger charge is 2.54. The summed E-state index contributed by atoms with van der Waals surface area (Å²) in [6, 6.07) is 39.3. The summed E-state index contributed by atoms with van der Waals surface area (Å²) in [6.07, 6.45) is 48.4. The Bertz CT molecular complexity index is 5360. The molecule has 15 rings (SSSR count). The fourth-order valence-electron chi connectivity index (χ4n) is 22.6. The third-order valence-electron chi connectivity index (χ3n) is 30.6. The van der Waals surface area contributed by atoms with Gasteiger partial charge in [-0.3, -0.25) is 28.8 Å². The van der Waals surface area contributed by atoms with Gasteiger partial charge in [0.15, 0.2) is 12.6 Å². The van der Waals surface area contributed by atoms with E-state index in [1.165, 1.54) is 241 Å². The van der Waals surface area contributed by atoms with Crippen LogP contribution in [0.25, 0.3) is 82.7 Å². The van der Waals surface area contributed by atoms with Gasteiger partial charge in [0.1, 0.15) is 8.07 Å². The van der Waals surface area contributed by atoms with E-state index in [4.69, 9.17) is 0 Å². The fraction of sp³-hybridized carbons (Fsp3) is 0.552. The van der Waals surface area contributed by atoms with Gasteiger partial charge < -0.3 is 19.6 Å². The van der Waals surface area contributed by atoms with Gasteiger partial charge in [0.25, 0.3) is 23.6 Å². The van der Waals surface area contributed by atoms with E-state index in [-0.39, 0.29) is 47.3 Å². The van der Waals surface area contributed by atoms with E-state index < -0.39 is 18.1 Å². The molecular formula is C116H154N4O6S9Si. The Morgan fingerprint density at radius 1 is 0.279 bits per heavy atom. The Balaban J connectivity index is 0.895. The lowest BCUT2D eigenvalue weighted by molar-refractivity contribution is -0.124. The minimum Gasteiger partial charge on any atom is -0.306 e. The SMILES string of the molecule is CCCCCCCC[Si]1(CCCCCCCC)c2cc3c(cc2-c2sc(-c4ccc(C5=C6C(=O)N(CC(CC)CCCC)C(c7ccc(-c8ccc(C=O)s8)s7)=C6C(=O)N5CC(CC)CCCC)s4)cc21)S(CCCCCCCC)(CCCCCCCC)c1cc(-c2ccc(C4=C5C(=O)N(CC(CC)CCCC)C(c6ccc(-c7ccc(C=O)s7)s6)=C5C(=O)N4CC(CC)CCCC)s2)sc1-3. The molecule has 0 fully saturated rings. The first kappa shape index (κ1) is 104. The first-order valence-corrected chi connectivity index (χ1v) is 64.5. The zero-order valence-electron chi connectivity index (χ0n) is 84.1. The summed E-state index contributed by atoms with van der Waals surface area (Å²) >= 11 is 13.9. The lowest BCUT2D eigenvalue weighted by Gasteiger charge is -2.39. The van der Waals surface area contributed by atoms with Crippen LogP contribution in [0.15, 0.2) is 129 Å². The molecule has 0 saturated heterocycles. The van der Waals surface area contributed by atoms with Crippen molar-refractivity contribution in [1.29, 1.82) is 0 Å². The van der Waals surface area contributed by atoms with Gasteiger partial charge in [-0.2, -0.15) is 10.0 Å². The lowest BCUT2D eigenvalue weighted by atomic mass is 9.98. The van der Waals surface area contributed by atoms with E-state index in [0.717, 1.165) is 177 Å². The molecule has 1 aromatic carbocycles. The Hall–Kier alpha value is -6.43. The van der Waals surface area contributed by atoms with Crippen molar-refractivity contribution in [1.82, 2.24) is 19.6 Å². The second-order valence-corrected chi connectivity index (χ2v) is 56.4. The molecule has 4 unspecified atom stereocenters. The third kappa shape index (κ3) is 22.2. The minimum absolute atomic E-state index is 0.0506. The highest BCUT2D eigenvalue weighted by molar-refractivity contribution is 8.34. The van der Waals surface area contributed by atoms with Crippen molar-refractivity contribution >= 4 is 178 Å². The molecule has 20 heteroatoms. The quantitative estimate of drug-likeness (QED) is 0.0213. The third-order valence-corrected chi connectivity index (χ3v) is 50.1. The summed E-state index contributed by atoms with van der Waals surface area (Å²) in [6.45, 7) is 29.7. The van der Waals surface area contributed by atoms with Crippen molar-refractivity contribution < 1.29 is 28.8 Å². The van der Waals surface area contributed by atoms with Crippen molar-refractivity contribution in [3.05, 3.63) is 149 Å². The Labute approximate surface area is 850 Å². The molecule has 6 aliphatic heterocycles. The van der Waals surface area contributed by atoms with Gasteiger partial charge in [-0.1, -0.05) is 307 Å². The molecule has 4 amide bonds. The van der Waals surface area contributed by atoms with Gasteiger partial charge >= 0.3 is 0 Å². The number of carbonyl (C=O) groups is 6. The molecule has 9 aromatic rings. The smallest absolute Gasteiger partial charge is 0.261 e. The summed E-state index contributed by atoms with van der Waals surface area (Å²) in [5, 5.41) is 3.35. The van der Waals surface area contributed by atoms with Gasteiger partial charge in [0, 0.05) is 90.3 Å². The van der Waals surface area contributed by atoms with Crippen molar-refractivity contribution in [2.75, 3.05) is 37.7 Å². The number of nitrogens with zero attached hydrogens (tertiary/aromatic N) is 4. The predicted molar refractivity (Wildman–Crippen MR) is 595 cm³/mol. The molecule has 136 heavy (non-hydrogen) atoms. The van der Waals surface area contributed by atoms with Crippen LogP contribution in [0, 0.1) is 23.7 Å². The number of amides is 4. The van der Waals surface area contributed by atoms with Gasteiger partial charge in [-0.25, -0.2) is 0 Å². The molecular weight excluding hydrogens is 1860 g/mol. The molecule has 10 nitrogen and oxygen atoms in total. The van der Waals surface area contributed by atoms with E-state index in [1.54, 1.807) is 65.5 Å². The normalized spacial score (nSPS) is 16.5. The van der Waals surface area contributed by atoms with E-state index in [1.807, 2.05) is 45.4 Å². The van der Waals surface area contributed by atoms with Gasteiger partial charge in [0.2, 0.25) is 0 Å². The topological polar surface area (TPSA) is 115 Å². The summed E-state index contributed by atoms with van der Waals surface area (Å²) in [7, 11) is -4.22. The van der Waals surface area contributed by atoms with Crippen molar-refractivity contribution in [2.24, 2.45) is 23.7 Å². The highest BCUT2D eigenvalue weighted by Crippen LogP contribution is 2.75. The maximum Gasteiger partial charge on any atom is 0.261 e. The molecule has 0 spiro atoms. The number of fused-ring (bicyclic) bond motifs is 8. The number of thiophene rings is 8.